The van der Waals surface area contributed by atoms with Gasteiger partial charge in [-0.15, -0.1) is 24.8 Å². The molecule has 0 spiro atoms. The van der Waals surface area contributed by atoms with Gasteiger partial charge in [-0.3, -0.25) is 4.79 Å². The number of aryl methyl sites for hydroxylation is 1. The number of rotatable bonds is 3. The fourth-order valence-corrected chi connectivity index (χ4v) is 2.43. The molecule has 1 unspecified atom stereocenters. The summed E-state index contributed by atoms with van der Waals surface area (Å²) in [6, 6.07) is 4.04. The van der Waals surface area contributed by atoms with E-state index in [2.05, 4.69) is 15.6 Å². The van der Waals surface area contributed by atoms with Gasteiger partial charge >= 0.3 is 0 Å². The number of imidazole rings is 1. The highest BCUT2D eigenvalue weighted by Crippen LogP contribution is 2.08. The first-order chi connectivity index (χ1) is 9.22. The molecule has 0 bridgehead atoms. The number of nitrogens with zero attached hydrogens (tertiary/aromatic N) is 2. The smallest absolute Gasteiger partial charge is 0.237 e. The Bertz CT molecular complexity index is 608. The Balaban J connectivity index is 0.00000110. The van der Waals surface area contributed by atoms with E-state index in [1.165, 1.54) is 5.56 Å². The summed E-state index contributed by atoms with van der Waals surface area (Å²) in [7, 11) is 0. The Morgan fingerprint density at radius 2 is 2.33 bits per heavy atom. The Labute approximate surface area is 136 Å². The third-order valence-corrected chi connectivity index (χ3v) is 3.49. The van der Waals surface area contributed by atoms with Gasteiger partial charge in [0.25, 0.3) is 0 Å². The van der Waals surface area contributed by atoms with Crippen LogP contribution in [0.4, 0.5) is 0 Å². The molecule has 0 saturated carbocycles. The Kier molecular flexibility index (Phi) is 6.45. The van der Waals surface area contributed by atoms with Crippen LogP contribution in [0.15, 0.2) is 24.5 Å². The molecule has 3 heterocycles. The number of carbonyl (C=O) groups is 1. The van der Waals surface area contributed by atoms with Crippen molar-refractivity contribution < 1.29 is 4.79 Å². The van der Waals surface area contributed by atoms with Gasteiger partial charge in [0.15, 0.2) is 0 Å². The maximum Gasteiger partial charge on any atom is 0.237 e. The molecule has 21 heavy (non-hydrogen) atoms. The second kappa shape index (κ2) is 7.64. The molecule has 0 aliphatic carbocycles. The number of amides is 1. The monoisotopic (exact) mass is 330 g/mol. The van der Waals surface area contributed by atoms with E-state index in [-0.39, 0.29) is 36.8 Å². The minimum atomic E-state index is -0.0284. The molecule has 1 atom stereocenters. The standard InChI is InChI=1S/C14H18N4O.2ClH/c1-10-4-6-18-9-11(17-13(18)7-10)8-16-14(19)12-3-2-5-15-12;;/h4,6-7,9,12,15H,2-3,5,8H2,1H3,(H,16,19);2*1H. The molecule has 2 aromatic heterocycles. The number of halogens is 2. The average Bonchev–Trinajstić information content (AvgIpc) is 3.04. The van der Waals surface area contributed by atoms with Crippen LogP contribution in [0, 0.1) is 6.92 Å². The third-order valence-electron chi connectivity index (χ3n) is 3.49. The van der Waals surface area contributed by atoms with Crippen LogP contribution in [0.3, 0.4) is 0 Å². The normalized spacial score (nSPS) is 17.1. The van der Waals surface area contributed by atoms with E-state index in [1.54, 1.807) is 0 Å². The van der Waals surface area contributed by atoms with Gasteiger partial charge in [0.2, 0.25) is 5.91 Å². The highest BCUT2D eigenvalue weighted by atomic mass is 35.5. The topological polar surface area (TPSA) is 58.4 Å². The molecular formula is C14H20Cl2N4O. The van der Waals surface area contributed by atoms with Crippen LogP contribution in [0.1, 0.15) is 24.1 Å². The fraction of sp³-hybridized carbons (Fsp3) is 0.429. The molecule has 7 heteroatoms. The van der Waals surface area contributed by atoms with Gasteiger partial charge < -0.3 is 15.0 Å². The van der Waals surface area contributed by atoms with Crippen LogP contribution in [0.2, 0.25) is 0 Å². The fourth-order valence-electron chi connectivity index (χ4n) is 2.43. The van der Waals surface area contributed by atoms with E-state index in [4.69, 9.17) is 0 Å². The largest absolute Gasteiger partial charge is 0.349 e. The van der Waals surface area contributed by atoms with E-state index >= 15 is 0 Å². The molecule has 2 N–H and O–H groups in total. The Hall–Kier alpha value is -1.30. The predicted octanol–water partition coefficient (Wildman–Crippen LogP) is 1.85. The Morgan fingerprint density at radius 1 is 1.52 bits per heavy atom. The van der Waals surface area contributed by atoms with E-state index in [1.807, 2.05) is 35.9 Å². The number of hydrogen-bond donors (Lipinski definition) is 2. The number of pyridine rings is 1. The molecule has 116 valence electrons. The van der Waals surface area contributed by atoms with Crippen molar-refractivity contribution in [2.24, 2.45) is 0 Å². The zero-order valence-electron chi connectivity index (χ0n) is 11.8. The first-order valence-corrected chi connectivity index (χ1v) is 6.68. The summed E-state index contributed by atoms with van der Waals surface area (Å²) in [5, 5.41) is 6.13. The molecule has 0 aromatic carbocycles. The summed E-state index contributed by atoms with van der Waals surface area (Å²) >= 11 is 0. The summed E-state index contributed by atoms with van der Waals surface area (Å²) in [4.78, 5) is 16.4. The number of carbonyl (C=O) groups excluding carboxylic acids is 1. The molecule has 1 saturated heterocycles. The van der Waals surface area contributed by atoms with Crippen molar-refractivity contribution in [2.75, 3.05) is 6.54 Å². The van der Waals surface area contributed by atoms with Gasteiger partial charge in [0.05, 0.1) is 18.3 Å². The molecule has 1 amide bonds. The highest BCUT2D eigenvalue weighted by molar-refractivity contribution is 5.85. The van der Waals surface area contributed by atoms with Crippen molar-refractivity contribution in [1.29, 1.82) is 0 Å². The molecule has 1 aliphatic heterocycles. The van der Waals surface area contributed by atoms with Gasteiger partial charge in [-0.2, -0.15) is 0 Å². The second-order valence-electron chi connectivity index (χ2n) is 5.07. The van der Waals surface area contributed by atoms with Gasteiger partial charge in [-0.05, 0) is 44.0 Å². The summed E-state index contributed by atoms with van der Waals surface area (Å²) in [6.07, 6.45) is 5.95. The molecule has 5 nitrogen and oxygen atoms in total. The van der Waals surface area contributed by atoms with Crippen LogP contribution >= 0.6 is 24.8 Å². The lowest BCUT2D eigenvalue weighted by Gasteiger charge is -2.09. The average molecular weight is 331 g/mol. The van der Waals surface area contributed by atoms with Gasteiger partial charge in [-0.25, -0.2) is 4.98 Å². The number of nitrogens with one attached hydrogen (secondary N) is 2. The first kappa shape index (κ1) is 17.8. The zero-order chi connectivity index (χ0) is 13.2. The molecule has 0 radical (unpaired) electrons. The van der Waals surface area contributed by atoms with Crippen molar-refractivity contribution in [3.05, 3.63) is 35.8 Å². The summed E-state index contributed by atoms with van der Waals surface area (Å²) in [6.45, 7) is 3.46. The number of hydrogen-bond acceptors (Lipinski definition) is 3. The van der Waals surface area contributed by atoms with Crippen LogP contribution in [-0.4, -0.2) is 27.9 Å². The molecule has 3 rings (SSSR count). The van der Waals surface area contributed by atoms with E-state index in [0.29, 0.717) is 6.54 Å². The van der Waals surface area contributed by atoms with Crippen LogP contribution < -0.4 is 10.6 Å². The van der Waals surface area contributed by atoms with Gasteiger partial charge in [0, 0.05) is 12.4 Å². The van der Waals surface area contributed by atoms with Crippen molar-refractivity contribution >= 4 is 36.4 Å². The first-order valence-electron chi connectivity index (χ1n) is 6.68. The highest BCUT2D eigenvalue weighted by Gasteiger charge is 2.21. The van der Waals surface area contributed by atoms with E-state index < -0.39 is 0 Å². The van der Waals surface area contributed by atoms with Crippen molar-refractivity contribution in [3.8, 4) is 0 Å². The van der Waals surface area contributed by atoms with Crippen LogP contribution in [-0.2, 0) is 11.3 Å². The summed E-state index contributed by atoms with van der Waals surface area (Å²) in [5.41, 5.74) is 2.99. The van der Waals surface area contributed by atoms with E-state index in [0.717, 1.165) is 30.7 Å². The SMILES string of the molecule is Cc1ccn2cc(CNC(=O)C3CCCN3)nc2c1.Cl.Cl. The van der Waals surface area contributed by atoms with Crippen LogP contribution in [0.5, 0.6) is 0 Å². The number of aromatic nitrogens is 2. The predicted molar refractivity (Wildman–Crippen MR) is 87.3 cm³/mol. The number of fused-ring (bicyclic) bond motifs is 1. The van der Waals surface area contributed by atoms with Gasteiger partial charge in [-0.1, -0.05) is 0 Å². The molecule has 1 aliphatic rings. The lowest BCUT2D eigenvalue weighted by atomic mass is 10.2. The van der Waals surface area contributed by atoms with Crippen LogP contribution in [0.25, 0.3) is 5.65 Å². The summed E-state index contributed by atoms with van der Waals surface area (Å²) in [5.74, 6) is 0.0748. The summed E-state index contributed by atoms with van der Waals surface area (Å²) < 4.78 is 1.97. The minimum absolute atomic E-state index is 0. The molecular weight excluding hydrogens is 311 g/mol. The lowest BCUT2D eigenvalue weighted by molar-refractivity contribution is -0.122. The van der Waals surface area contributed by atoms with E-state index in [9.17, 15) is 4.79 Å². The minimum Gasteiger partial charge on any atom is -0.349 e. The van der Waals surface area contributed by atoms with Gasteiger partial charge in [0.1, 0.15) is 5.65 Å². The second-order valence-corrected chi connectivity index (χ2v) is 5.07. The Morgan fingerprint density at radius 3 is 3.05 bits per heavy atom. The lowest BCUT2D eigenvalue weighted by Crippen LogP contribution is -2.40. The molecule has 2 aromatic rings. The molecule has 1 fully saturated rings. The maximum absolute atomic E-state index is 11.9. The van der Waals surface area contributed by atoms with Crippen molar-refractivity contribution in [1.82, 2.24) is 20.0 Å². The quantitative estimate of drug-likeness (QED) is 0.903. The van der Waals surface area contributed by atoms with Crippen molar-refractivity contribution in [3.63, 3.8) is 0 Å². The third kappa shape index (κ3) is 4.09. The zero-order valence-corrected chi connectivity index (χ0v) is 13.5. The van der Waals surface area contributed by atoms with Crippen molar-refractivity contribution in [2.45, 2.75) is 32.4 Å². The maximum atomic E-state index is 11.9.